The molecule has 0 bridgehead atoms. The second-order valence-corrected chi connectivity index (χ2v) is 4.54. The van der Waals surface area contributed by atoms with Crippen LogP contribution in [0.2, 0.25) is 0 Å². The molecule has 1 heterocycles. The van der Waals surface area contributed by atoms with Crippen LogP contribution in [0.4, 0.5) is 0 Å². The standard InChI is InChI=1S/C16H19N2O2.CH3Cl/c1-4-15(5-8-17-11-13(2)19)16-6-9-18(10-7-16)12-14(3)20;1-2/h4-10H,1,11-12H2,2-3H3;1H3/q+1;/p+1/b15-5+,17-8?;. The molecule has 0 aliphatic carbocycles. The second kappa shape index (κ2) is 11.6. The van der Waals surface area contributed by atoms with Crippen LogP contribution in [0, 0.1) is 0 Å². The average molecular weight is 323 g/mol. The van der Waals surface area contributed by atoms with Crippen LogP contribution in [0.5, 0.6) is 0 Å². The van der Waals surface area contributed by atoms with E-state index < -0.39 is 0 Å². The van der Waals surface area contributed by atoms with Gasteiger partial charge in [0.1, 0.15) is 0 Å². The number of ketones is 2. The molecule has 118 valence electrons. The number of pyridine rings is 1. The Kier molecular flexibility index (Phi) is 10.5. The summed E-state index contributed by atoms with van der Waals surface area (Å²) < 4.78 is 1.82. The summed E-state index contributed by atoms with van der Waals surface area (Å²) in [5.41, 5.74) is 1.94. The Bertz CT molecular complexity index is 561. The molecule has 0 unspecified atom stereocenters. The van der Waals surface area contributed by atoms with Crippen LogP contribution in [-0.4, -0.2) is 30.7 Å². The number of rotatable bonds is 7. The van der Waals surface area contributed by atoms with Gasteiger partial charge in [0.25, 0.3) is 0 Å². The predicted octanol–water partition coefficient (Wildman–Crippen LogP) is 0.728. The molecule has 0 fully saturated rings. The van der Waals surface area contributed by atoms with Crippen LogP contribution in [0.15, 0.2) is 43.3 Å². The number of halogens is 1. The van der Waals surface area contributed by atoms with Gasteiger partial charge in [0.2, 0.25) is 6.54 Å². The van der Waals surface area contributed by atoms with Crippen molar-refractivity contribution in [2.24, 2.45) is 0 Å². The fourth-order valence-electron chi connectivity index (χ4n) is 1.65. The quantitative estimate of drug-likeness (QED) is 0.348. The molecular weight excluding hydrogens is 300 g/mol. The highest BCUT2D eigenvalue weighted by molar-refractivity contribution is 6.15. The number of carbonyl (C=O) groups is 2. The number of aromatic nitrogens is 1. The summed E-state index contributed by atoms with van der Waals surface area (Å²) in [6, 6.07) is 3.85. The number of hydrogen-bond acceptors (Lipinski definition) is 2. The Morgan fingerprint density at radius 1 is 1.23 bits per heavy atom. The number of alkyl halides is 1. The Labute approximate surface area is 136 Å². The molecule has 0 radical (unpaired) electrons. The van der Waals surface area contributed by atoms with Crippen molar-refractivity contribution in [1.82, 2.24) is 0 Å². The lowest BCUT2D eigenvalue weighted by molar-refractivity contribution is -0.684. The fourth-order valence-corrected chi connectivity index (χ4v) is 1.65. The summed E-state index contributed by atoms with van der Waals surface area (Å²) in [5.74, 6) is 0.198. The molecule has 0 aliphatic rings. The summed E-state index contributed by atoms with van der Waals surface area (Å²) in [6.45, 7) is 7.56. The Morgan fingerprint density at radius 3 is 2.27 bits per heavy atom. The lowest BCUT2D eigenvalue weighted by Gasteiger charge is -1.99. The smallest absolute Gasteiger partial charge is 0.206 e. The van der Waals surface area contributed by atoms with Crippen LogP contribution in [0.25, 0.3) is 5.57 Å². The molecule has 1 N–H and O–H groups in total. The third kappa shape index (κ3) is 8.27. The van der Waals surface area contributed by atoms with Gasteiger partial charge in [-0.2, -0.15) is 4.57 Å². The number of carbonyl (C=O) groups excluding carboxylic acids is 2. The average Bonchev–Trinajstić information content (AvgIpc) is 2.50. The van der Waals surface area contributed by atoms with Gasteiger partial charge >= 0.3 is 0 Å². The first-order chi connectivity index (χ1) is 10.5. The summed E-state index contributed by atoms with van der Waals surface area (Å²) >= 11 is 4.64. The van der Waals surface area contributed by atoms with Crippen molar-refractivity contribution in [3.63, 3.8) is 0 Å². The van der Waals surface area contributed by atoms with E-state index in [1.807, 2.05) is 35.2 Å². The Morgan fingerprint density at radius 2 is 1.82 bits per heavy atom. The van der Waals surface area contributed by atoms with Crippen LogP contribution in [0.1, 0.15) is 19.4 Å². The molecule has 1 aromatic heterocycles. The predicted molar refractivity (Wildman–Crippen MR) is 89.8 cm³/mol. The molecular formula is C17H23ClN2O2+2. The van der Waals surface area contributed by atoms with Crippen molar-refractivity contribution < 1.29 is 19.1 Å². The highest BCUT2D eigenvalue weighted by atomic mass is 35.5. The van der Waals surface area contributed by atoms with E-state index in [0.29, 0.717) is 13.1 Å². The third-order valence-electron chi connectivity index (χ3n) is 2.58. The molecule has 4 nitrogen and oxygen atoms in total. The number of nitrogens with zero attached hydrogens (tertiary/aromatic N) is 1. The van der Waals surface area contributed by atoms with Crippen molar-refractivity contribution in [2.45, 2.75) is 20.4 Å². The maximum Gasteiger partial charge on any atom is 0.206 e. The van der Waals surface area contributed by atoms with Crippen LogP contribution < -0.4 is 9.56 Å². The van der Waals surface area contributed by atoms with Crippen molar-refractivity contribution in [3.05, 3.63) is 48.8 Å². The molecule has 0 saturated heterocycles. The maximum atomic E-state index is 11.0. The zero-order valence-corrected chi connectivity index (χ0v) is 14.1. The molecule has 0 aliphatic heterocycles. The van der Waals surface area contributed by atoms with Crippen molar-refractivity contribution in [1.29, 1.82) is 0 Å². The summed E-state index contributed by atoms with van der Waals surface area (Å²) in [6.07, 6.45) is 10.5. The maximum absolute atomic E-state index is 11.0. The molecule has 1 aromatic rings. The molecule has 0 amide bonds. The zero-order valence-electron chi connectivity index (χ0n) is 13.3. The fraction of sp³-hybridized carbons (Fsp3) is 0.294. The van der Waals surface area contributed by atoms with E-state index in [1.165, 1.54) is 13.3 Å². The first kappa shape index (κ1) is 19.9. The molecule has 1 rings (SSSR count). The molecule has 0 saturated carbocycles. The third-order valence-corrected chi connectivity index (χ3v) is 2.58. The minimum Gasteiger partial charge on any atom is -0.293 e. The van der Waals surface area contributed by atoms with E-state index in [2.05, 4.69) is 23.2 Å². The largest absolute Gasteiger partial charge is 0.293 e. The minimum atomic E-state index is 0.0831. The van der Waals surface area contributed by atoms with Crippen molar-refractivity contribution in [2.75, 3.05) is 12.9 Å². The molecule has 22 heavy (non-hydrogen) atoms. The van der Waals surface area contributed by atoms with Crippen molar-refractivity contribution in [3.8, 4) is 0 Å². The van der Waals surface area contributed by atoms with E-state index in [9.17, 15) is 9.59 Å². The normalized spacial score (nSPS) is 10.8. The van der Waals surface area contributed by atoms with Crippen LogP contribution in [-0.2, 0) is 16.1 Å². The lowest BCUT2D eigenvalue weighted by atomic mass is 10.1. The van der Waals surface area contributed by atoms with Crippen LogP contribution in [0.3, 0.4) is 0 Å². The van der Waals surface area contributed by atoms with Gasteiger partial charge in [-0.3, -0.25) is 9.59 Å². The zero-order chi connectivity index (χ0) is 17.0. The lowest BCUT2D eigenvalue weighted by Crippen LogP contribution is -2.70. The highest BCUT2D eigenvalue weighted by Crippen LogP contribution is 2.12. The summed E-state index contributed by atoms with van der Waals surface area (Å²) in [7, 11) is 0. The van der Waals surface area contributed by atoms with Gasteiger partial charge in [-0.15, -0.1) is 11.6 Å². The topological polar surface area (TPSA) is 52.0 Å². The van der Waals surface area contributed by atoms with Gasteiger partial charge in [0, 0.05) is 38.4 Å². The van der Waals surface area contributed by atoms with Gasteiger partial charge in [0.15, 0.2) is 36.7 Å². The molecule has 5 heteroatoms. The Balaban J connectivity index is 0.00000211. The van der Waals surface area contributed by atoms with Crippen molar-refractivity contribution >= 4 is 35.0 Å². The van der Waals surface area contributed by atoms with Gasteiger partial charge in [-0.05, 0) is 11.1 Å². The molecule has 0 spiro atoms. The van der Waals surface area contributed by atoms with Gasteiger partial charge in [-0.1, -0.05) is 12.7 Å². The van der Waals surface area contributed by atoms with E-state index >= 15 is 0 Å². The number of hydrogen-bond donors (Lipinski definition) is 1. The molecule has 0 atom stereocenters. The summed E-state index contributed by atoms with van der Waals surface area (Å²) in [4.78, 5) is 24.7. The van der Waals surface area contributed by atoms with E-state index in [4.69, 9.17) is 0 Å². The number of allylic oxidation sites excluding steroid dienone is 3. The van der Waals surface area contributed by atoms with Crippen LogP contribution >= 0.6 is 11.6 Å². The Hall–Kier alpha value is -2.07. The van der Waals surface area contributed by atoms with Gasteiger partial charge in [0.05, 0.1) is 0 Å². The van der Waals surface area contributed by atoms with E-state index in [-0.39, 0.29) is 11.6 Å². The van der Waals surface area contributed by atoms with Gasteiger partial charge < -0.3 is 0 Å². The van der Waals surface area contributed by atoms with E-state index in [1.54, 1.807) is 19.2 Å². The highest BCUT2D eigenvalue weighted by Gasteiger charge is 2.05. The minimum absolute atomic E-state index is 0.0831. The SMILES string of the molecule is C=C/C(=C\C=[NH+]CC(C)=O)c1cc[n+](CC(C)=O)cc1.CCl. The molecule has 0 aromatic carbocycles. The monoisotopic (exact) mass is 322 g/mol. The number of nitrogens with one attached hydrogen (secondary N) is 1. The van der Waals surface area contributed by atoms with Gasteiger partial charge in [-0.25, -0.2) is 4.99 Å². The van der Waals surface area contributed by atoms with E-state index in [0.717, 1.165) is 11.1 Å². The number of Topliss-reactive ketones (excluding diaryl/α,β-unsaturated/α-hetero) is 2. The first-order valence-corrected chi connectivity index (χ1v) is 7.54. The summed E-state index contributed by atoms with van der Waals surface area (Å²) in [5, 5.41) is 0. The second-order valence-electron chi connectivity index (χ2n) is 4.54. The first-order valence-electron chi connectivity index (χ1n) is 6.78.